The lowest BCUT2D eigenvalue weighted by Gasteiger charge is -2.60. The lowest BCUT2D eigenvalue weighted by molar-refractivity contribution is -0.115. The number of rotatable bonds is 9. The highest BCUT2D eigenvalue weighted by molar-refractivity contribution is 5.14. The first-order valence-corrected chi connectivity index (χ1v) is 18.2. The molecule has 0 spiro atoms. The van der Waals surface area contributed by atoms with E-state index < -0.39 is 0 Å². The molecule has 0 radical (unpaired) electrons. The van der Waals surface area contributed by atoms with Crippen molar-refractivity contribution < 1.29 is 9.47 Å². The standard InChI is InChI=1S/C38H60N2O2/c1-27-34(15-12-29(24-40-21-19-39-20-22-40)26-41-25-28-9-5-4-6-10-28)42-35-23-33-31-14-13-30-11-7-8-17-37(30,2)32(31)16-18-38(33,3)36(27)35/h4-6,9-10,27,29-36,39H,7-8,11-26H2,1-3H3/t27-,29?,30?,31-,32+,33+,34?,35+,36+,37+,38+/m1/s1. The van der Waals surface area contributed by atoms with Crippen LogP contribution in [-0.4, -0.2) is 56.4 Å². The van der Waals surface area contributed by atoms with Crippen LogP contribution in [0.4, 0.5) is 0 Å². The first kappa shape index (κ1) is 29.8. The molecular formula is C38H60N2O2. The number of benzene rings is 1. The molecule has 6 fully saturated rings. The van der Waals surface area contributed by atoms with E-state index in [0.29, 0.717) is 34.9 Å². The van der Waals surface area contributed by atoms with Crippen molar-refractivity contribution in [2.45, 2.75) is 110 Å². The fourth-order valence-corrected chi connectivity index (χ4v) is 12.1. The van der Waals surface area contributed by atoms with E-state index in [9.17, 15) is 0 Å². The number of nitrogens with one attached hydrogen (secondary N) is 1. The molecule has 4 heteroatoms. The first-order valence-electron chi connectivity index (χ1n) is 18.2. The molecule has 2 aliphatic heterocycles. The molecule has 0 amide bonds. The van der Waals surface area contributed by atoms with Crippen molar-refractivity contribution in [2.75, 3.05) is 39.3 Å². The van der Waals surface area contributed by atoms with Gasteiger partial charge < -0.3 is 19.7 Å². The zero-order chi connectivity index (χ0) is 28.7. The summed E-state index contributed by atoms with van der Waals surface area (Å²) in [6.07, 6.45) is 16.7. The molecule has 0 aromatic heterocycles. The van der Waals surface area contributed by atoms with Gasteiger partial charge in [0.15, 0.2) is 0 Å². The molecule has 4 saturated carbocycles. The van der Waals surface area contributed by atoms with Gasteiger partial charge in [-0.3, -0.25) is 0 Å². The van der Waals surface area contributed by atoms with Gasteiger partial charge in [0.1, 0.15) is 0 Å². The number of hydrogen-bond donors (Lipinski definition) is 1. The second-order valence-electron chi connectivity index (χ2n) is 16.3. The SMILES string of the molecule is C[C@@H]1C(CCC(COCc2ccccc2)CN2CCNCC2)O[C@H]2C[C@H]3[C@@H]4CCC5CCCC[C@]5(C)[C@H]4CC[C@]3(C)[C@H]21. The maximum absolute atomic E-state index is 7.12. The van der Waals surface area contributed by atoms with Crippen molar-refractivity contribution in [3.05, 3.63) is 35.9 Å². The van der Waals surface area contributed by atoms with Crippen molar-refractivity contribution in [3.63, 3.8) is 0 Å². The number of nitrogens with zero attached hydrogens (tertiary/aromatic N) is 1. The van der Waals surface area contributed by atoms with Gasteiger partial charge in [-0.2, -0.15) is 0 Å². The van der Waals surface area contributed by atoms with Gasteiger partial charge in [0, 0.05) is 32.7 Å². The van der Waals surface area contributed by atoms with E-state index in [4.69, 9.17) is 9.47 Å². The van der Waals surface area contributed by atoms with Gasteiger partial charge in [-0.1, -0.05) is 63.9 Å². The highest BCUT2D eigenvalue weighted by atomic mass is 16.5. The minimum absolute atomic E-state index is 0.432. The number of piperazine rings is 1. The minimum atomic E-state index is 0.432. The van der Waals surface area contributed by atoms with Gasteiger partial charge in [0.05, 0.1) is 25.4 Å². The highest BCUT2D eigenvalue weighted by Gasteiger charge is 2.65. The van der Waals surface area contributed by atoms with Gasteiger partial charge in [-0.15, -0.1) is 0 Å². The molecule has 2 heterocycles. The summed E-state index contributed by atoms with van der Waals surface area (Å²) in [6, 6.07) is 10.7. The quantitative estimate of drug-likeness (QED) is 0.329. The highest BCUT2D eigenvalue weighted by Crippen LogP contribution is 2.70. The van der Waals surface area contributed by atoms with Crippen LogP contribution in [0.5, 0.6) is 0 Å². The average molecular weight is 577 g/mol. The summed E-state index contributed by atoms with van der Waals surface area (Å²) in [4.78, 5) is 2.66. The van der Waals surface area contributed by atoms with Gasteiger partial charge >= 0.3 is 0 Å². The number of ether oxygens (including phenoxy) is 2. The van der Waals surface area contributed by atoms with Crippen molar-refractivity contribution in [1.82, 2.24) is 10.2 Å². The largest absolute Gasteiger partial charge is 0.376 e. The predicted octanol–water partition coefficient (Wildman–Crippen LogP) is 7.57. The zero-order valence-corrected chi connectivity index (χ0v) is 27.1. The van der Waals surface area contributed by atoms with Gasteiger partial charge in [-0.05, 0) is 116 Å². The Balaban J connectivity index is 0.978. The fraction of sp³-hybridized carbons (Fsp3) is 0.842. The fourth-order valence-electron chi connectivity index (χ4n) is 12.1. The third-order valence-electron chi connectivity index (χ3n) is 14.2. The summed E-state index contributed by atoms with van der Waals surface area (Å²) in [5.74, 6) is 5.91. The van der Waals surface area contributed by atoms with E-state index >= 15 is 0 Å². The molecular weight excluding hydrogens is 516 g/mol. The Kier molecular flexibility index (Phi) is 8.82. The summed E-state index contributed by atoms with van der Waals surface area (Å²) >= 11 is 0. The van der Waals surface area contributed by atoms with E-state index in [0.717, 1.165) is 75.5 Å². The third-order valence-corrected chi connectivity index (χ3v) is 14.2. The average Bonchev–Trinajstić information content (AvgIpc) is 3.49. The summed E-state index contributed by atoms with van der Waals surface area (Å²) in [5, 5.41) is 3.52. The van der Waals surface area contributed by atoms with E-state index in [-0.39, 0.29) is 0 Å². The lowest BCUT2D eigenvalue weighted by Crippen LogP contribution is -2.53. The monoisotopic (exact) mass is 576 g/mol. The van der Waals surface area contributed by atoms with Crippen LogP contribution in [0.15, 0.2) is 30.3 Å². The van der Waals surface area contributed by atoms with Crippen LogP contribution in [0.2, 0.25) is 0 Å². The van der Waals surface area contributed by atoms with Crippen LogP contribution in [0, 0.1) is 52.3 Å². The summed E-state index contributed by atoms with van der Waals surface area (Å²) in [7, 11) is 0. The Hall–Kier alpha value is -0.940. The second kappa shape index (κ2) is 12.5. The van der Waals surface area contributed by atoms with Crippen LogP contribution in [0.3, 0.4) is 0 Å². The summed E-state index contributed by atoms with van der Waals surface area (Å²) < 4.78 is 13.5. The van der Waals surface area contributed by atoms with Crippen LogP contribution in [-0.2, 0) is 16.1 Å². The molecule has 11 atom stereocenters. The second-order valence-corrected chi connectivity index (χ2v) is 16.3. The Labute approximate surface area is 257 Å². The van der Waals surface area contributed by atoms with Crippen molar-refractivity contribution in [2.24, 2.45) is 52.3 Å². The van der Waals surface area contributed by atoms with Gasteiger partial charge in [0.25, 0.3) is 0 Å². The van der Waals surface area contributed by atoms with Gasteiger partial charge in [-0.25, -0.2) is 0 Å². The molecule has 0 bridgehead atoms. The Morgan fingerprint density at radius 1 is 0.976 bits per heavy atom. The molecule has 6 aliphatic rings. The summed E-state index contributed by atoms with van der Waals surface area (Å²) in [6.45, 7) is 15.3. The molecule has 3 unspecified atom stereocenters. The maximum atomic E-state index is 7.12. The Bertz CT molecular complexity index is 1030. The van der Waals surface area contributed by atoms with Crippen molar-refractivity contribution in [1.29, 1.82) is 0 Å². The third kappa shape index (κ3) is 5.54. The minimum Gasteiger partial charge on any atom is -0.376 e. The Morgan fingerprint density at radius 3 is 2.64 bits per heavy atom. The van der Waals surface area contributed by atoms with E-state index in [1.165, 1.54) is 76.2 Å². The molecule has 7 rings (SSSR count). The van der Waals surface area contributed by atoms with Crippen LogP contribution in [0.1, 0.15) is 97.0 Å². The lowest BCUT2D eigenvalue weighted by atomic mass is 9.44. The van der Waals surface area contributed by atoms with Gasteiger partial charge in [0.2, 0.25) is 0 Å². The molecule has 1 aromatic carbocycles. The van der Waals surface area contributed by atoms with Crippen LogP contribution >= 0.6 is 0 Å². The number of hydrogen-bond acceptors (Lipinski definition) is 4. The topological polar surface area (TPSA) is 33.7 Å². The number of fused-ring (bicyclic) bond motifs is 7. The van der Waals surface area contributed by atoms with Crippen LogP contribution < -0.4 is 5.32 Å². The molecule has 42 heavy (non-hydrogen) atoms. The van der Waals surface area contributed by atoms with Crippen LogP contribution in [0.25, 0.3) is 0 Å². The molecule has 2 saturated heterocycles. The zero-order valence-electron chi connectivity index (χ0n) is 27.1. The van der Waals surface area contributed by atoms with E-state index in [1.54, 1.807) is 0 Å². The molecule has 4 nitrogen and oxygen atoms in total. The Morgan fingerprint density at radius 2 is 1.81 bits per heavy atom. The molecule has 1 N–H and O–H groups in total. The molecule has 234 valence electrons. The maximum Gasteiger partial charge on any atom is 0.0717 e. The van der Waals surface area contributed by atoms with Crippen molar-refractivity contribution >= 4 is 0 Å². The smallest absolute Gasteiger partial charge is 0.0717 e. The first-order chi connectivity index (χ1) is 20.5. The normalized spacial score (nSPS) is 44.2. The molecule has 1 aromatic rings. The predicted molar refractivity (Wildman–Crippen MR) is 171 cm³/mol. The van der Waals surface area contributed by atoms with Crippen molar-refractivity contribution in [3.8, 4) is 0 Å². The summed E-state index contributed by atoms with van der Waals surface area (Å²) in [5.41, 5.74) is 2.41. The van der Waals surface area contributed by atoms with E-state index in [2.05, 4.69) is 61.3 Å². The van der Waals surface area contributed by atoms with E-state index in [1.807, 2.05) is 0 Å². The molecule has 4 aliphatic carbocycles.